The van der Waals surface area contributed by atoms with Gasteiger partial charge in [0.1, 0.15) is 5.82 Å². The van der Waals surface area contributed by atoms with Crippen molar-refractivity contribution < 1.29 is 17.6 Å². The highest BCUT2D eigenvalue weighted by Crippen LogP contribution is 2.25. The van der Waals surface area contributed by atoms with Crippen LogP contribution in [-0.4, -0.2) is 62.7 Å². The van der Waals surface area contributed by atoms with E-state index in [1.54, 1.807) is 6.07 Å². The number of amides is 1. The van der Waals surface area contributed by atoms with Gasteiger partial charge >= 0.3 is 0 Å². The van der Waals surface area contributed by atoms with Crippen LogP contribution in [0, 0.1) is 17.2 Å². The van der Waals surface area contributed by atoms with Gasteiger partial charge in [-0.05, 0) is 67.4 Å². The maximum atomic E-state index is 13.5. The molecule has 1 fully saturated rings. The molecule has 1 amide bonds. The Hall–Kier alpha value is -1.97. The molecule has 3 N–H and O–H groups in total. The zero-order chi connectivity index (χ0) is 24.2. The predicted molar refractivity (Wildman–Crippen MR) is 130 cm³/mol. The van der Waals surface area contributed by atoms with Gasteiger partial charge in [0.2, 0.25) is 15.9 Å². The number of aromatic amines is 1. The van der Waals surface area contributed by atoms with E-state index < -0.39 is 10.0 Å². The van der Waals surface area contributed by atoms with E-state index in [0.717, 1.165) is 42.4 Å². The van der Waals surface area contributed by atoms with Crippen LogP contribution in [0.3, 0.4) is 0 Å². The number of H-pyrrole nitrogens is 1. The normalized spacial score (nSPS) is 17.4. The van der Waals surface area contributed by atoms with E-state index in [1.807, 2.05) is 27.0 Å². The van der Waals surface area contributed by atoms with Crippen molar-refractivity contribution >= 4 is 26.8 Å². The van der Waals surface area contributed by atoms with Crippen molar-refractivity contribution in [3.05, 3.63) is 35.8 Å². The Balaban J connectivity index is 1.41. The van der Waals surface area contributed by atoms with Gasteiger partial charge in [-0.3, -0.25) is 4.79 Å². The molecule has 1 aliphatic rings. The number of nitrogens with one attached hydrogen (secondary N) is 3. The Labute approximate surface area is 196 Å². The average Bonchev–Trinajstić information content (AvgIpc) is 3.09. The van der Waals surface area contributed by atoms with Gasteiger partial charge in [-0.15, -0.1) is 0 Å². The van der Waals surface area contributed by atoms with E-state index in [2.05, 4.69) is 19.9 Å². The Bertz CT molecular complexity index is 1050. The number of benzene rings is 1. The first-order valence-electron chi connectivity index (χ1n) is 11.6. The third-order valence-corrected chi connectivity index (χ3v) is 7.18. The van der Waals surface area contributed by atoms with Gasteiger partial charge in [-0.25, -0.2) is 17.5 Å². The summed E-state index contributed by atoms with van der Waals surface area (Å²) in [6.45, 7) is 9.03. The minimum absolute atomic E-state index is 0.0470. The van der Waals surface area contributed by atoms with Gasteiger partial charge in [0.25, 0.3) is 0 Å². The van der Waals surface area contributed by atoms with E-state index in [0.29, 0.717) is 31.8 Å². The Morgan fingerprint density at radius 1 is 1.27 bits per heavy atom. The fraction of sp³-hybridized carbons (Fsp3) is 0.625. The molecule has 0 bridgehead atoms. The van der Waals surface area contributed by atoms with Crippen LogP contribution in [0.2, 0.25) is 0 Å². The molecule has 2 heterocycles. The van der Waals surface area contributed by atoms with Crippen LogP contribution in [0.5, 0.6) is 0 Å². The molecule has 184 valence electrons. The fourth-order valence-corrected chi connectivity index (χ4v) is 5.35. The standard InChI is InChI=1S/C24H37FN4O3S/c1-24(2,3)22(28-33(4,31)32)16-29-11-8-17(9-12-29)13-23(30)26-10-7-18-15-27-21-6-5-19(25)14-20(18)21/h5-6,14-15,17,22,27-28H,7-13,16H2,1-4H3,(H,26,30). The quantitative estimate of drug-likeness (QED) is 0.514. The molecule has 3 rings (SSSR count). The summed E-state index contributed by atoms with van der Waals surface area (Å²) in [4.78, 5) is 17.9. The molecule has 0 aliphatic carbocycles. The van der Waals surface area contributed by atoms with Crippen LogP contribution in [-0.2, 0) is 21.2 Å². The lowest BCUT2D eigenvalue weighted by atomic mass is 9.86. The number of hydrogen-bond donors (Lipinski definition) is 3. The van der Waals surface area contributed by atoms with Crippen LogP contribution >= 0.6 is 0 Å². The largest absolute Gasteiger partial charge is 0.361 e. The number of likely N-dealkylation sites (tertiary alicyclic amines) is 1. The third kappa shape index (κ3) is 7.79. The summed E-state index contributed by atoms with van der Waals surface area (Å²) in [6, 6.07) is 4.51. The molecule has 1 aliphatic heterocycles. The predicted octanol–water partition coefficient (Wildman–Crippen LogP) is 3.03. The van der Waals surface area contributed by atoms with Crippen molar-refractivity contribution in [3.63, 3.8) is 0 Å². The summed E-state index contributed by atoms with van der Waals surface area (Å²) >= 11 is 0. The summed E-state index contributed by atoms with van der Waals surface area (Å²) in [5, 5.41) is 3.86. The van der Waals surface area contributed by atoms with E-state index in [1.165, 1.54) is 18.4 Å². The lowest BCUT2D eigenvalue weighted by Crippen LogP contribution is -2.51. The third-order valence-electron chi connectivity index (χ3n) is 6.47. The van der Waals surface area contributed by atoms with Gasteiger partial charge in [-0.1, -0.05) is 20.8 Å². The highest BCUT2D eigenvalue weighted by molar-refractivity contribution is 7.88. The first kappa shape index (κ1) is 25.6. The first-order chi connectivity index (χ1) is 15.4. The van der Waals surface area contributed by atoms with Gasteiger partial charge in [0.15, 0.2) is 0 Å². The molecule has 0 radical (unpaired) electrons. The number of nitrogens with zero attached hydrogens (tertiary/aromatic N) is 1. The molecule has 33 heavy (non-hydrogen) atoms. The summed E-state index contributed by atoms with van der Waals surface area (Å²) in [5.41, 5.74) is 1.70. The zero-order valence-electron chi connectivity index (χ0n) is 20.1. The van der Waals surface area contributed by atoms with Crippen molar-refractivity contribution in [2.45, 2.75) is 52.5 Å². The zero-order valence-corrected chi connectivity index (χ0v) is 20.9. The summed E-state index contributed by atoms with van der Waals surface area (Å²) in [7, 11) is -3.27. The second-order valence-corrected chi connectivity index (χ2v) is 12.1. The number of fused-ring (bicyclic) bond motifs is 1. The van der Waals surface area contributed by atoms with Crippen LogP contribution in [0.4, 0.5) is 4.39 Å². The highest BCUT2D eigenvalue weighted by Gasteiger charge is 2.31. The topological polar surface area (TPSA) is 94.3 Å². The minimum atomic E-state index is -3.27. The van der Waals surface area contributed by atoms with Crippen molar-refractivity contribution in [1.82, 2.24) is 19.9 Å². The second-order valence-electron chi connectivity index (χ2n) is 10.4. The fourth-order valence-electron chi connectivity index (χ4n) is 4.41. The number of hydrogen-bond acceptors (Lipinski definition) is 4. The van der Waals surface area contributed by atoms with Crippen LogP contribution in [0.15, 0.2) is 24.4 Å². The SMILES string of the molecule is CC(C)(C)C(CN1CCC(CC(=O)NCCc2c[nH]c3ccc(F)cc23)CC1)NS(C)(=O)=O. The molecule has 7 nitrogen and oxygen atoms in total. The molecule has 1 aromatic carbocycles. The van der Waals surface area contributed by atoms with E-state index >= 15 is 0 Å². The average molecular weight is 481 g/mol. The molecule has 1 aromatic heterocycles. The van der Waals surface area contributed by atoms with E-state index in [9.17, 15) is 17.6 Å². The van der Waals surface area contributed by atoms with Gasteiger partial charge in [0.05, 0.1) is 6.26 Å². The van der Waals surface area contributed by atoms with Crippen molar-refractivity contribution in [2.75, 3.05) is 32.4 Å². The lowest BCUT2D eigenvalue weighted by molar-refractivity contribution is -0.122. The van der Waals surface area contributed by atoms with Crippen LogP contribution < -0.4 is 10.0 Å². The second kappa shape index (κ2) is 10.5. The minimum Gasteiger partial charge on any atom is -0.361 e. The van der Waals surface area contributed by atoms with E-state index in [4.69, 9.17) is 0 Å². The van der Waals surface area contributed by atoms with Gasteiger partial charge in [-0.2, -0.15) is 0 Å². The van der Waals surface area contributed by atoms with Gasteiger partial charge < -0.3 is 15.2 Å². The Morgan fingerprint density at radius 3 is 2.61 bits per heavy atom. The van der Waals surface area contributed by atoms with Crippen LogP contribution in [0.1, 0.15) is 45.6 Å². The molecule has 1 atom stereocenters. The number of rotatable bonds is 9. The Morgan fingerprint density at radius 2 is 1.97 bits per heavy atom. The highest BCUT2D eigenvalue weighted by atomic mass is 32.2. The monoisotopic (exact) mass is 480 g/mol. The number of sulfonamides is 1. The smallest absolute Gasteiger partial charge is 0.220 e. The van der Waals surface area contributed by atoms with E-state index in [-0.39, 0.29) is 23.2 Å². The summed E-state index contributed by atoms with van der Waals surface area (Å²) in [5.74, 6) is 0.116. The number of piperidine rings is 1. The van der Waals surface area contributed by atoms with Crippen molar-refractivity contribution in [2.24, 2.45) is 11.3 Å². The molecule has 0 saturated carbocycles. The molecule has 9 heteroatoms. The number of halogens is 1. The lowest BCUT2D eigenvalue weighted by Gasteiger charge is -2.38. The summed E-state index contributed by atoms with van der Waals surface area (Å²) in [6.07, 6.45) is 6.06. The number of aromatic nitrogens is 1. The molecule has 0 spiro atoms. The van der Waals surface area contributed by atoms with Gasteiger partial charge in [0, 0.05) is 42.7 Å². The number of carbonyl (C=O) groups excluding carboxylic acids is 1. The molecule has 2 aromatic rings. The summed E-state index contributed by atoms with van der Waals surface area (Å²) < 4.78 is 39.8. The van der Waals surface area contributed by atoms with Crippen LogP contribution in [0.25, 0.3) is 10.9 Å². The maximum absolute atomic E-state index is 13.5. The maximum Gasteiger partial charge on any atom is 0.220 e. The van der Waals surface area contributed by atoms with Crippen molar-refractivity contribution in [3.8, 4) is 0 Å². The Kier molecular flexibility index (Phi) is 8.18. The number of carbonyl (C=O) groups is 1. The molecule has 1 unspecified atom stereocenters. The van der Waals surface area contributed by atoms with Crippen molar-refractivity contribution in [1.29, 1.82) is 0 Å². The first-order valence-corrected chi connectivity index (χ1v) is 13.5. The molecular formula is C24H37FN4O3S. The molecular weight excluding hydrogens is 443 g/mol. The molecule has 1 saturated heterocycles.